The zero-order chi connectivity index (χ0) is 13.2. The Kier molecular flexibility index (Phi) is 3.71. The van der Waals surface area contributed by atoms with E-state index < -0.39 is 0 Å². The molecule has 0 radical (unpaired) electrons. The van der Waals surface area contributed by atoms with Gasteiger partial charge in [-0.2, -0.15) is 0 Å². The zero-order valence-electron chi connectivity index (χ0n) is 11.7. The highest BCUT2D eigenvalue weighted by Gasteiger charge is 2.24. The second kappa shape index (κ2) is 5.47. The molecule has 1 aliphatic heterocycles. The van der Waals surface area contributed by atoms with Gasteiger partial charge in [0.15, 0.2) is 0 Å². The molecule has 0 spiro atoms. The number of aryl methyl sites for hydroxylation is 2. The molecular weight excluding hydrogens is 254 g/mol. The van der Waals surface area contributed by atoms with Crippen LogP contribution in [0, 0.1) is 6.92 Å². The lowest BCUT2D eigenvalue weighted by Gasteiger charge is -2.32. The third kappa shape index (κ3) is 2.90. The fraction of sp³-hybridized carbons (Fsp3) is 0.533. The summed E-state index contributed by atoms with van der Waals surface area (Å²) in [6.07, 6.45) is 4.68. The first kappa shape index (κ1) is 12.9. The molecule has 3 heterocycles. The van der Waals surface area contributed by atoms with Gasteiger partial charge < -0.3 is 4.57 Å². The van der Waals surface area contributed by atoms with E-state index in [1.54, 1.807) is 0 Å². The normalized spacial score (nSPS) is 20.8. The predicted molar refractivity (Wildman–Crippen MR) is 79.5 cm³/mol. The first-order valence-corrected chi connectivity index (χ1v) is 7.85. The van der Waals surface area contributed by atoms with Crippen molar-refractivity contribution in [1.29, 1.82) is 0 Å². The van der Waals surface area contributed by atoms with E-state index in [0.717, 1.165) is 18.8 Å². The van der Waals surface area contributed by atoms with Crippen LogP contribution in [-0.4, -0.2) is 27.5 Å². The molecule has 1 fully saturated rings. The second-order valence-corrected chi connectivity index (χ2v) is 6.54. The molecule has 1 aliphatic rings. The standard InChI is InChI=1S/C15H21N3S/c1-12-9-17(2)15(16-12)13-5-3-7-18(10-13)11-14-6-4-8-19-14/h4,6,8-9,13H,3,5,7,10-11H2,1-2H3/t13-/m1/s1. The van der Waals surface area contributed by atoms with Crippen LogP contribution in [0.5, 0.6) is 0 Å². The lowest BCUT2D eigenvalue weighted by molar-refractivity contribution is 0.197. The molecule has 4 heteroatoms. The first-order valence-electron chi connectivity index (χ1n) is 6.97. The Bertz CT molecular complexity index is 530. The minimum absolute atomic E-state index is 0.590. The summed E-state index contributed by atoms with van der Waals surface area (Å²) < 4.78 is 2.20. The molecule has 3 nitrogen and oxygen atoms in total. The quantitative estimate of drug-likeness (QED) is 0.858. The summed E-state index contributed by atoms with van der Waals surface area (Å²) in [5.41, 5.74) is 1.13. The van der Waals surface area contributed by atoms with E-state index >= 15 is 0 Å². The third-order valence-corrected chi connectivity index (χ3v) is 4.72. The average Bonchev–Trinajstić information content (AvgIpc) is 2.99. The van der Waals surface area contributed by atoms with Crippen LogP contribution in [0.15, 0.2) is 23.7 Å². The predicted octanol–water partition coefficient (Wildman–Crippen LogP) is 3.17. The number of hydrogen-bond donors (Lipinski definition) is 0. The van der Waals surface area contributed by atoms with Crippen molar-refractivity contribution in [3.05, 3.63) is 40.1 Å². The third-order valence-electron chi connectivity index (χ3n) is 3.86. The number of likely N-dealkylation sites (tertiary alicyclic amines) is 1. The molecule has 0 aliphatic carbocycles. The van der Waals surface area contributed by atoms with Gasteiger partial charge in [0.1, 0.15) is 5.82 Å². The van der Waals surface area contributed by atoms with Crippen molar-refractivity contribution in [2.24, 2.45) is 7.05 Å². The molecule has 3 rings (SSSR count). The van der Waals surface area contributed by atoms with Crippen LogP contribution in [-0.2, 0) is 13.6 Å². The van der Waals surface area contributed by atoms with E-state index in [-0.39, 0.29) is 0 Å². The van der Waals surface area contributed by atoms with Gasteiger partial charge in [-0.1, -0.05) is 6.07 Å². The number of hydrogen-bond acceptors (Lipinski definition) is 3. The highest BCUT2D eigenvalue weighted by Crippen LogP contribution is 2.27. The van der Waals surface area contributed by atoms with Gasteiger partial charge in [0, 0.05) is 37.1 Å². The largest absolute Gasteiger partial charge is 0.337 e. The summed E-state index contributed by atoms with van der Waals surface area (Å²) >= 11 is 1.86. The number of aromatic nitrogens is 2. The van der Waals surface area contributed by atoms with E-state index in [4.69, 9.17) is 4.98 Å². The molecule has 0 bridgehead atoms. The van der Waals surface area contributed by atoms with E-state index in [0.29, 0.717) is 5.92 Å². The Morgan fingerprint density at radius 3 is 3.05 bits per heavy atom. The topological polar surface area (TPSA) is 21.1 Å². The summed E-state index contributed by atoms with van der Waals surface area (Å²) in [7, 11) is 2.12. The Hall–Kier alpha value is -1.13. The highest BCUT2D eigenvalue weighted by atomic mass is 32.1. The lowest BCUT2D eigenvalue weighted by atomic mass is 9.97. The van der Waals surface area contributed by atoms with Crippen molar-refractivity contribution in [1.82, 2.24) is 14.5 Å². The fourth-order valence-corrected chi connectivity index (χ4v) is 3.79. The molecule has 1 atom stereocenters. The van der Waals surface area contributed by atoms with Crippen LogP contribution in [0.3, 0.4) is 0 Å². The Morgan fingerprint density at radius 2 is 2.37 bits per heavy atom. The van der Waals surface area contributed by atoms with Crippen LogP contribution in [0.4, 0.5) is 0 Å². The summed E-state index contributed by atoms with van der Waals surface area (Å²) in [6.45, 7) is 5.54. The van der Waals surface area contributed by atoms with Gasteiger partial charge >= 0.3 is 0 Å². The van der Waals surface area contributed by atoms with Gasteiger partial charge in [0.2, 0.25) is 0 Å². The average molecular weight is 275 g/mol. The van der Waals surface area contributed by atoms with Crippen molar-refractivity contribution < 1.29 is 0 Å². The maximum absolute atomic E-state index is 4.70. The van der Waals surface area contributed by atoms with Gasteiger partial charge in [-0.05, 0) is 37.8 Å². The fourth-order valence-electron chi connectivity index (χ4n) is 3.05. The minimum atomic E-state index is 0.590. The summed E-state index contributed by atoms with van der Waals surface area (Å²) in [6, 6.07) is 4.38. The molecule has 2 aromatic rings. The van der Waals surface area contributed by atoms with Gasteiger partial charge in [-0.25, -0.2) is 4.98 Å². The van der Waals surface area contributed by atoms with Gasteiger partial charge in [-0.15, -0.1) is 11.3 Å². The SMILES string of the molecule is Cc1cn(C)c([C@@H]2CCCN(Cc3cccs3)C2)n1. The monoisotopic (exact) mass is 275 g/mol. The van der Waals surface area contributed by atoms with Gasteiger partial charge in [-0.3, -0.25) is 4.90 Å². The van der Waals surface area contributed by atoms with Crippen LogP contribution in [0.25, 0.3) is 0 Å². The molecule has 0 N–H and O–H groups in total. The lowest BCUT2D eigenvalue weighted by Crippen LogP contribution is -2.34. The van der Waals surface area contributed by atoms with E-state index in [1.807, 2.05) is 11.3 Å². The molecule has 0 aromatic carbocycles. The molecule has 1 saturated heterocycles. The molecule has 0 saturated carbocycles. The van der Waals surface area contributed by atoms with Crippen molar-refractivity contribution in [3.63, 3.8) is 0 Å². The number of rotatable bonds is 3. The van der Waals surface area contributed by atoms with Crippen LogP contribution >= 0.6 is 11.3 Å². The summed E-state index contributed by atoms with van der Waals surface area (Å²) in [5, 5.41) is 2.17. The van der Waals surface area contributed by atoms with Gasteiger partial charge in [0.05, 0.1) is 5.69 Å². The van der Waals surface area contributed by atoms with E-state index in [9.17, 15) is 0 Å². The van der Waals surface area contributed by atoms with Crippen molar-refractivity contribution in [2.45, 2.75) is 32.2 Å². The second-order valence-electron chi connectivity index (χ2n) is 5.51. The molecule has 102 valence electrons. The van der Waals surface area contributed by atoms with Crippen LogP contribution < -0.4 is 0 Å². The number of imidazole rings is 1. The Morgan fingerprint density at radius 1 is 1.47 bits per heavy atom. The minimum Gasteiger partial charge on any atom is -0.337 e. The van der Waals surface area contributed by atoms with Crippen molar-refractivity contribution >= 4 is 11.3 Å². The van der Waals surface area contributed by atoms with Crippen LogP contribution in [0.1, 0.15) is 35.2 Å². The summed E-state index contributed by atoms with van der Waals surface area (Å²) in [4.78, 5) is 8.75. The van der Waals surface area contributed by atoms with Crippen LogP contribution in [0.2, 0.25) is 0 Å². The van der Waals surface area contributed by atoms with Gasteiger partial charge in [0.25, 0.3) is 0 Å². The molecule has 2 aromatic heterocycles. The highest BCUT2D eigenvalue weighted by molar-refractivity contribution is 7.09. The molecule has 0 unspecified atom stereocenters. The zero-order valence-corrected chi connectivity index (χ0v) is 12.5. The van der Waals surface area contributed by atoms with Crippen molar-refractivity contribution in [2.75, 3.05) is 13.1 Å². The molecular formula is C15H21N3S. The smallest absolute Gasteiger partial charge is 0.113 e. The number of piperidine rings is 1. The molecule has 19 heavy (non-hydrogen) atoms. The maximum Gasteiger partial charge on any atom is 0.113 e. The van der Waals surface area contributed by atoms with E-state index in [1.165, 1.54) is 30.1 Å². The first-order chi connectivity index (χ1) is 9.22. The Balaban J connectivity index is 1.69. The summed E-state index contributed by atoms with van der Waals surface area (Å²) in [5.74, 6) is 1.85. The van der Waals surface area contributed by atoms with Crippen molar-refractivity contribution in [3.8, 4) is 0 Å². The maximum atomic E-state index is 4.70. The Labute approximate surface area is 118 Å². The molecule has 0 amide bonds. The van der Waals surface area contributed by atoms with E-state index in [2.05, 4.69) is 47.1 Å². The number of nitrogens with zero attached hydrogens (tertiary/aromatic N) is 3. The number of thiophene rings is 1.